The van der Waals surface area contributed by atoms with E-state index in [2.05, 4.69) is 20.5 Å². The zero-order valence-corrected chi connectivity index (χ0v) is 15.8. The molecule has 4 rings (SSSR count). The van der Waals surface area contributed by atoms with E-state index in [4.69, 9.17) is 0 Å². The molecule has 1 saturated heterocycles. The Morgan fingerprint density at radius 3 is 2.42 bits per heavy atom. The summed E-state index contributed by atoms with van der Waals surface area (Å²) in [4.78, 5) is 17.3. The van der Waals surface area contributed by atoms with Crippen molar-refractivity contribution in [2.75, 3.05) is 23.3 Å². The second kappa shape index (κ2) is 7.39. The number of H-pyrrole nitrogens is 1. The van der Waals surface area contributed by atoms with Gasteiger partial charge in [0.2, 0.25) is 0 Å². The second-order valence-corrected chi connectivity index (χ2v) is 7.51. The first-order valence-electron chi connectivity index (χ1n) is 9.39. The minimum Gasteiger partial charge on any atom is -0.382 e. The first kappa shape index (κ1) is 21.4. The zero-order chi connectivity index (χ0) is 22.6. The molecule has 0 spiro atoms. The van der Waals surface area contributed by atoms with Crippen molar-refractivity contribution in [3.63, 3.8) is 0 Å². The molecule has 0 bridgehead atoms. The van der Waals surface area contributed by atoms with E-state index in [0.717, 1.165) is 18.3 Å². The molecule has 0 aromatic carbocycles. The minimum atomic E-state index is -4.87. The molecule has 0 radical (unpaired) electrons. The molecular weight excluding hydrogens is 432 g/mol. The van der Waals surface area contributed by atoms with Crippen LogP contribution in [-0.2, 0) is 11.0 Å². The Morgan fingerprint density at radius 1 is 1.13 bits per heavy atom. The number of aliphatic hydroxyl groups excluding tert-OH is 1. The highest BCUT2D eigenvalue weighted by molar-refractivity contribution is 5.97. The van der Waals surface area contributed by atoms with Crippen LogP contribution in [0.15, 0.2) is 18.3 Å². The van der Waals surface area contributed by atoms with E-state index < -0.39 is 41.8 Å². The van der Waals surface area contributed by atoms with Gasteiger partial charge in [-0.15, -0.1) is 0 Å². The van der Waals surface area contributed by atoms with Gasteiger partial charge in [-0.25, -0.2) is 4.98 Å². The lowest BCUT2D eigenvalue weighted by Gasteiger charge is -2.34. The van der Waals surface area contributed by atoms with Crippen LogP contribution in [0.25, 0.3) is 0 Å². The molecule has 2 aliphatic rings. The average molecular weight is 449 g/mol. The van der Waals surface area contributed by atoms with Gasteiger partial charge in [0.15, 0.2) is 0 Å². The van der Waals surface area contributed by atoms with Crippen molar-refractivity contribution < 1.29 is 36.2 Å². The van der Waals surface area contributed by atoms with Crippen LogP contribution in [0.2, 0.25) is 0 Å². The van der Waals surface area contributed by atoms with Crippen molar-refractivity contribution >= 4 is 17.5 Å². The van der Waals surface area contributed by atoms with Crippen LogP contribution >= 0.6 is 0 Å². The van der Waals surface area contributed by atoms with E-state index in [9.17, 15) is 36.2 Å². The third-order valence-corrected chi connectivity index (χ3v) is 5.61. The predicted molar refractivity (Wildman–Crippen MR) is 95.4 cm³/mol. The highest BCUT2D eigenvalue weighted by Crippen LogP contribution is 2.47. The van der Waals surface area contributed by atoms with Gasteiger partial charge in [-0.2, -0.15) is 31.4 Å². The summed E-state index contributed by atoms with van der Waals surface area (Å²) in [5.74, 6) is -4.08. The molecule has 7 nitrogen and oxygen atoms in total. The number of nitrogens with one attached hydrogen (secondary N) is 2. The molecule has 1 fully saturated rings. The maximum Gasteiger partial charge on any atom is 0.416 e. The number of halogens is 6. The number of carbonyl (C=O) groups is 1. The predicted octanol–water partition coefficient (Wildman–Crippen LogP) is 3.17. The number of hydrogen-bond acceptors (Lipinski definition) is 5. The molecular formula is C18H17F6N5O2. The molecule has 0 saturated carbocycles. The van der Waals surface area contributed by atoms with Gasteiger partial charge in [-0.3, -0.25) is 9.89 Å². The number of carbonyl (C=O) groups excluding carboxylic acids is 1. The Balaban J connectivity index is 1.55. The standard InChI is InChI=1S/C18H17F6N5O2/c19-17(20,21)9-1-4-25-10(7-9)29-5-2-8(3-6-29)13-11-12(18(22,23)24)14(30)16(31)26-15(11)28-27-13/h1,4,7-8,12,14,30H,2-3,5-6H2,(H2,26,27,28,31). The van der Waals surface area contributed by atoms with E-state index in [0.29, 0.717) is 12.8 Å². The number of amides is 1. The Bertz CT molecular complexity index is 981. The Kier molecular flexibility index (Phi) is 5.10. The van der Waals surface area contributed by atoms with Crippen LogP contribution < -0.4 is 10.2 Å². The summed E-state index contributed by atoms with van der Waals surface area (Å²) in [7, 11) is 0. The molecule has 1 amide bonds. The summed E-state index contributed by atoms with van der Waals surface area (Å²) in [6, 6.07) is 1.80. The van der Waals surface area contributed by atoms with Crippen molar-refractivity contribution in [1.29, 1.82) is 0 Å². The maximum absolute atomic E-state index is 13.6. The van der Waals surface area contributed by atoms with Gasteiger partial charge in [0.1, 0.15) is 23.7 Å². The summed E-state index contributed by atoms with van der Waals surface area (Å²) in [5.41, 5.74) is -1.04. The number of aromatic amines is 1. The third-order valence-electron chi connectivity index (χ3n) is 5.61. The van der Waals surface area contributed by atoms with E-state index in [-0.39, 0.29) is 36.0 Å². The number of aromatic nitrogens is 3. The number of hydrogen-bond donors (Lipinski definition) is 3. The number of anilines is 2. The maximum atomic E-state index is 13.6. The number of nitrogens with zero attached hydrogens (tertiary/aromatic N) is 3. The van der Waals surface area contributed by atoms with Gasteiger partial charge in [0, 0.05) is 30.8 Å². The fourth-order valence-electron chi connectivity index (χ4n) is 4.08. The van der Waals surface area contributed by atoms with Gasteiger partial charge in [-0.05, 0) is 25.0 Å². The number of fused-ring (bicyclic) bond motifs is 1. The van der Waals surface area contributed by atoms with E-state index in [1.807, 2.05) is 0 Å². The van der Waals surface area contributed by atoms with E-state index in [1.165, 1.54) is 0 Å². The largest absolute Gasteiger partial charge is 0.416 e. The highest BCUT2D eigenvalue weighted by Gasteiger charge is 2.53. The number of rotatable bonds is 2. The normalized spacial score (nSPS) is 22.9. The molecule has 168 valence electrons. The minimum absolute atomic E-state index is 0.0908. The van der Waals surface area contributed by atoms with Crippen LogP contribution in [0, 0.1) is 0 Å². The first-order chi connectivity index (χ1) is 14.5. The fourth-order valence-corrected chi connectivity index (χ4v) is 4.08. The highest BCUT2D eigenvalue weighted by atomic mass is 19.4. The zero-order valence-electron chi connectivity index (χ0n) is 15.8. The van der Waals surface area contributed by atoms with Crippen LogP contribution in [-0.4, -0.2) is 51.6 Å². The summed E-state index contributed by atoms with van der Waals surface area (Å²) in [6.45, 7) is 0.512. The van der Waals surface area contributed by atoms with Crippen molar-refractivity contribution in [3.05, 3.63) is 35.2 Å². The molecule has 13 heteroatoms. The molecule has 2 aromatic rings. The van der Waals surface area contributed by atoms with Crippen molar-refractivity contribution in [2.45, 2.75) is 43.1 Å². The second-order valence-electron chi connectivity index (χ2n) is 7.51. The first-order valence-corrected chi connectivity index (χ1v) is 9.39. The Morgan fingerprint density at radius 2 is 1.81 bits per heavy atom. The molecule has 2 atom stereocenters. The summed E-state index contributed by atoms with van der Waals surface area (Å²) >= 11 is 0. The van der Waals surface area contributed by atoms with Crippen LogP contribution in [0.5, 0.6) is 0 Å². The molecule has 4 heterocycles. The molecule has 2 aliphatic heterocycles. The summed E-state index contributed by atoms with van der Waals surface area (Å²) < 4.78 is 79.6. The van der Waals surface area contributed by atoms with Gasteiger partial charge in [0.25, 0.3) is 5.91 Å². The molecule has 3 N–H and O–H groups in total. The lowest BCUT2D eigenvalue weighted by Crippen LogP contribution is -2.44. The smallest absolute Gasteiger partial charge is 0.382 e. The Labute approximate surface area is 171 Å². The topological polar surface area (TPSA) is 94.1 Å². The van der Waals surface area contributed by atoms with Gasteiger partial charge in [0.05, 0.1) is 11.3 Å². The number of alkyl halides is 6. The lowest BCUT2D eigenvalue weighted by molar-refractivity contribution is -0.177. The number of piperidine rings is 1. The third kappa shape index (κ3) is 3.93. The van der Waals surface area contributed by atoms with Crippen LogP contribution in [0.1, 0.15) is 41.5 Å². The monoisotopic (exact) mass is 449 g/mol. The van der Waals surface area contributed by atoms with Crippen molar-refractivity contribution in [2.24, 2.45) is 0 Å². The van der Waals surface area contributed by atoms with Crippen LogP contribution in [0.3, 0.4) is 0 Å². The van der Waals surface area contributed by atoms with Gasteiger partial charge >= 0.3 is 12.4 Å². The fraction of sp³-hybridized carbons (Fsp3) is 0.500. The van der Waals surface area contributed by atoms with E-state index in [1.54, 1.807) is 4.90 Å². The lowest BCUT2D eigenvalue weighted by atomic mass is 9.83. The average Bonchev–Trinajstić information content (AvgIpc) is 3.10. The molecule has 31 heavy (non-hydrogen) atoms. The number of aliphatic hydroxyl groups is 1. The van der Waals surface area contributed by atoms with Gasteiger partial charge < -0.3 is 15.3 Å². The molecule has 2 unspecified atom stereocenters. The van der Waals surface area contributed by atoms with Crippen molar-refractivity contribution in [1.82, 2.24) is 15.2 Å². The van der Waals surface area contributed by atoms with Crippen LogP contribution in [0.4, 0.5) is 38.0 Å². The number of pyridine rings is 1. The van der Waals surface area contributed by atoms with Crippen molar-refractivity contribution in [3.8, 4) is 0 Å². The van der Waals surface area contributed by atoms with Gasteiger partial charge in [-0.1, -0.05) is 0 Å². The summed E-state index contributed by atoms with van der Waals surface area (Å²) in [5, 5.41) is 18.4. The molecule has 0 aliphatic carbocycles. The van der Waals surface area contributed by atoms with E-state index >= 15 is 0 Å². The quantitative estimate of drug-likeness (QED) is 0.613. The SMILES string of the molecule is O=C1Nc2[nH]nc(C3CCN(c4cc(C(F)(F)F)ccn4)CC3)c2C(C(F)(F)F)C1O. The summed E-state index contributed by atoms with van der Waals surface area (Å²) in [6.07, 6.45) is -9.99. The Hall–Kier alpha value is -2.83. The molecule has 2 aromatic heterocycles.